The minimum atomic E-state index is -0.209. The molecule has 0 unspecified atom stereocenters. The fraction of sp³-hybridized carbons (Fsp3) is 0.259. The zero-order valence-electron chi connectivity index (χ0n) is 19.6. The zero-order chi connectivity index (χ0) is 24.5. The van der Waals surface area contributed by atoms with Crippen LogP contribution in [0.5, 0.6) is 11.5 Å². The van der Waals surface area contributed by atoms with Crippen molar-refractivity contribution in [1.82, 2.24) is 5.32 Å². The van der Waals surface area contributed by atoms with Crippen LogP contribution in [-0.4, -0.2) is 37.5 Å². The summed E-state index contributed by atoms with van der Waals surface area (Å²) in [5.74, 6) is 1.11. The van der Waals surface area contributed by atoms with E-state index in [1.807, 2.05) is 54.6 Å². The smallest absolute Gasteiger partial charge is 0.243 e. The second-order valence-electron chi connectivity index (χ2n) is 8.39. The van der Waals surface area contributed by atoms with Crippen LogP contribution in [0.2, 0.25) is 0 Å². The van der Waals surface area contributed by atoms with Crippen molar-refractivity contribution in [1.29, 1.82) is 5.41 Å². The zero-order valence-corrected chi connectivity index (χ0v) is 19.6. The highest BCUT2D eigenvalue weighted by molar-refractivity contribution is 5.97. The summed E-state index contributed by atoms with van der Waals surface area (Å²) in [6.07, 6.45) is 2.21. The molecule has 1 aliphatic heterocycles. The number of amidine groups is 1. The molecule has 0 spiro atoms. The van der Waals surface area contributed by atoms with Crippen LogP contribution in [0.15, 0.2) is 72.8 Å². The normalized spacial score (nSPS) is 13.6. The van der Waals surface area contributed by atoms with Crippen molar-refractivity contribution in [3.8, 4) is 11.5 Å². The van der Waals surface area contributed by atoms with Crippen LogP contribution in [0.4, 0.5) is 11.4 Å². The van der Waals surface area contributed by atoms with Crippen molar-refractivity contribution in [3.05, 3.63) is 83.9 Å². The van der Waals surface area contributed by atoms with Crippen molar-refractivity contribution >= 4 is 23.1 Å². The van der Waals surface area contributed by atoms with Crippen LogP contribution in [0, 0.1) is 5.41 Å². The predicted octanol–water partition coefficient (Wildman–Crippen LogP) is 3.73. The van der Waals surface area contributed by atoms with Gasteiger partial charge in [-0.15, -0.1) is 0 Å². The van der Waals surface area contributed by atoms with Crippen LogP contribution in [-0.2, 0) is 11.4 Å². The van der Waals surface area contributed by atoms with E-state index in [1.165, 1.54) is 0 Å². The number of amides is 1. The Balaban J connectivity index is 1.33. The lowest BCUT2D eigenvalue weighted by atomic mass is 10.1. The van der Waals surface area contributed by atoms with Gasteiger partial charge in [0.1, 0.15) is 30.0 Å². The molecule has 35 heavy (non-hydrogen) atoms. The first-order valence-electron chi connectivity index (χ1n) is 11.7. The summed E-state index contributed by atoms with van der Waals surface area (Å²) in [6.45, 7) is 2.35. The Bertz CT molecular complexity index is 1130. The molecule has 0 saturated carbocycles. The van der Waals surface area contributed by atoms with Crippen LogP contribution in [0.1, 0.15) is 24.0 Å². The molecule has 1 fully saturated rings. The van der Waals surface area contributed by atoms with Gasteiger partial charge in [0.15, 0.2) is 0 Å². The Hall–Kier alpha value is -4.04. The van der Waals surface area contributed by atoms with Crippen LogP contribution in [0.3, 0.4) is 0 Å². The van der Waals surface area contributed by atoms with Gasteiger partial charge in [-0.25, -0.2) is 0 Å². The summed E-state index contributed by atoms with van der Waals surface area (Å²) in [6, 6.07) is 22.4. The largest absolute Gasteiger partial charge is 0.490 e. The maximum absolute atomic E-state index is 12.6. The third-order valence-corrected chi connectivity index (χ3v) is 5.69. The Kier molecular flexibility index (Phi) is 8.19. The Morgan fingerprint density at radius 2 is 1.77 bits per heavy atom. The molecule has 1 saturated heterocycles. The van der Waals surface area contributed by atoms with Crippen molar-refractivity contribution in [2.45, 2.75) is 25.6 Å². The van der Waals surface area contributed by atoms with E-state index in [4.69, 9.17) is 20.6 Å². The van der Waals surface area contributed by atoms with Crippen molar-refractivity contribution in [2.24, 2.45) is 5.73 Å². The minimum absolute atomic E-state index is 0.0242. The summed E-state index contributed by atoms with van der Waals surface area (Å²) in [5, 5.41) is 17.0. The van der Waals surface area contributed by atoms with Crippen molar-refractivity contribution in [2.75, 3.05) is 30.3 Å². The van der Waals surface area contributed by atoms with Gasteiger partial charge in [-0.2, -0.15) is 0 Å². The van der Waals surface area contributed by atoms with E-state index >= 15 is 0 Å². The molecule has 6 N–H and O–H groups in total. The van der Waals surface area contributed by atoms with Gasteiger partial charge in [0.2, 0.25) is 5.91 Å². The first kappa shape index (κ1) is 24.1. The van der Waals surface area contributed by atoms with Gasteiger partial charge in [-0.05, 0) is 74.0 Å². The van der Waals surface area contributed by atoms with Gasteiger partial charge < -0.3 is 31.2 Å². The highest BCUT2D eigenvalue weighted by atomic mass is 16.5. The highest BCUT2D eigenvalue weighted by Crippen LogP contribution is 2.27. The fourth-order valence-corrected chi connectivity index (χ4v) is 3.80. The summed E-state index contributed by atoms with van der Waals surface area (Å²) >= 11 is 0. The topological polar surface area (TPSA) is 121 Å². The van der Waals surface area contributed by atoms with E-state index < -0.39 is 0 Å². The second kappa shape index (κ2) is 11.9. The van der Waals surface area contributed by atoms with E-state index in [0.29, 0.717) is 29.3 Å². The summed E-state index contributed by atoms with van der Waals surface area (Å²) < 4.78 is 12.0. The molecule has 1 aliphatic rings. The Morgan fingerprint density at radius 3 is 2.49 bits per heavy atom. The van der Waals surface area contributed by atoms with Gasteiger partial charge in [0.25, 0.3) is 0 Å². The van der Waals surface area contributed by atoms with E-state index in [9.17, 15) is 4.79 Å². The highest BCUT2D eigenvalue weighted by Gasteiger charge is 2.14. The number of piperidine rings is 1. The molecule has 1 amide bonds. The number of benzene rings is 3. The van der Waals surface area contributed by atoms with E-state index in [-0.39, 0.29) is 24.4 Å². The van der Waals surface area contributed by atoms with Gasteiger partial charge in [-0.3, -0.25) is 10.2 Å². The maximum Gasteiger partial charge on any atom is 0.243 e. The molecule has 0 bridgehead atoms. The predicted molar refractivity (Wildman–Crippen MR) is 138 cm³/mol. The number of carbonyl (C=O) groups excluding carboxylic acids is 1. The lowest BCUT2D eigenvalue weighted by Gasteiger charge is -2.23. The van der Waals surface area contributed by atoms with Crippen molar-refractivity contribution < 1.29 is 14.3 Å². The Labute approximate surface area is 205 Å². The molecule has 4 rings (SSSR count). The third kappa shape index (κ3) is 7.22. The molecule has 0 radical (unpaired) electrons. The number of rotatable bonds is 10. The number of hydrogen-bond acceptors (Lipinski definition) is 6. The molecular formula is C27H31N5O3. The molecular weight excluding hydrogens is 442 g/mol. The lowest BCUT2D eigenvalue weighted by Crippen LogP contribution is -2.34. The standard InChI is InChI=1S/C27H31N5O3/c28-27(29)20-6-11-25(34-18-19-4-2-1-3-5-19)24(16-20)31-17-26(33)32-21-7-9-22(10-8-21)35-23-12-14-30-15-13-23/h1-11,16,23,30-31H,12-15,17-18H2,(H3,28,29)(H,32,33). The maximum atomic E-state index is 12.6. The number of nitrogens with one attached hydrogen (secondary N) is 4. The number of carbonyl (C=O) groups is 1. The average molecular weight is 474 g/mol. The molecule has 182 valence electrons. The first-order valence-corrected chi connectivity index (χ1v) is 11.7. The molecule has 0 aromatic heterocycles. The van der Waals surface area contributed by atoms with Crippen LogP contribution in [0.25, 0.3) is 0 Å². The molecule has 8 heteroatoms. The number of hydrogen-bond donors (Lipinski definition) is 5. The number of nitrogens with two attached hydrogens (primary N) is 1. The third-order valence-electron chi connectivity index (χ3n) is 5.69. The number of anilines is 2. The number of ether oxygens (including phenoxy) is 2. The van der Waals surface area contributed by atoms with Gasteiger partial charge >= 0.3 is 0 Å². The van der Waals surface area contributed by atoms with Crippen molar-refractivity contribution in [3.63, 3.8) is 0 Å². The molecule has 0 aliphatic carbocycles. The Morgan fingerprint density at radius 1 is 1.03 bits per heavy atom. The summed E-state index contributed by atoms with van der Waals surface area (Å²) in [4.78, 5) is 12.6. The van der Waals surface area contributed by atoms with Gasteiger partial charge in [0, 0.05) is 11.3 Å². The van der Waals surface area contributed by atoms with E-state index in [1.54, 1.807) is 18.2 Å². The van der Waals surface area contributed by atoms with Crippen LogP contribution < -0.4 is 31.2 Å². The second-order valence-corrected chi connectivity index (χ2v) is 8.39. The van der Waals surface area contributed by atoms with Crippen LogP contribution >= 0.6 is 0 Å². The first-order chi connectivity index (χ1) is 17.1. The minimum Gasteiger partial charge on any atom is -0.490 e. The number of nitrogen functional groups attached to an aromatic ring is 1. The lowest BCUT2D eigenvalue weighted by molar-refractivity contribution is -0.114. The van der Waals surface area contributed by atoms with Gasteiger partial charge in [-0.1, -0.05) is 30.3 Å². The van der Waals surface area contributed by atoms with Gasteiger partial charge in [0.05, 0.1) is 12.2 Å². The monoisotopic (exact) mass is 473 g/mol. The molecule has 8 nitrogen and oxygen atoms in total. The quantitative estimate of drug-likeness (QED) is 0.226. The summed E-state index contributed by atoms with van der Waals surface area (Å²) in [7, 11) is 0. The molecule has 3 aromatic rings. The average Bonchev–Trinajstić information content (AvgIpc) is 2.89. The molecule has 0 atom stereocenters. The fourth-order valence-electron chi connectivity index (χ4n) is 3.80. The SMILES string of the molecule is N=C(N)c1ccc(OCc2ccccc2)c(NCC(=O)Nc2ccc(OC3CCNCC3)cc2)c1. The molecule has 3 aromatic carbocycles. The van der Waals surface area contributed by atoms with E-state index in [2.05, 4.69) is 16.0 Å². The molecule has 1 heterocycles. The van der Waals surface area contributed by atoms with E-state index in [0.717, 1.165) is 37.2 Å². The summed E-state index contributed by atoms with van der Waals surface area (Å²) in [5.41, 5.74) is 8.50.